The average Bonchev–Trinajstić information content (AvgIpc) is 3.14. The van der Waals surface area contributed by atoms with Crippen LogP contribution in [0.15, 0.2) is 64.5 Å². The normalized spacial score (nSPS) is 11.4. The zero-order valence-corrected chi connectivity index (χ0v) is 14.5. The topological polar surface area (TPSA) is 87.3 Å². The molecule has 0 unspecified atom stereocenters. The maximum Gasteiger partial charge on any atom is 0.258 e. The number of nitrogens with one attached hydrogen (secondary N) is 2. The van der Waals surface area contributed by atoms with Crippen molar-refractivity contribution in [2.75, 3.05) is 0 Å². The number of para-hydroxylation sites is 1. The Bertz CT molecular complexity index is 1120. The molecule has 6 nitrogen and oxygen atoms in total. The van der Waals surface area contributed by atoms with E-state index in [9.17, 15) is 4.79 Å². The van der Waals surface area contributed by atoms with Gasteiger partial charge in [0.25, 0.3) is 5.56 Å². The zero-order chi connectivity index (χ0) is 17.8. The van der Waals surface area contributed by atoms with Crippen molar-refractivity contribution >= 4 is 34.8 Å². The first kappa shape index (κ1) is 16.3. The molecule has 2 N–H and O–H groups in total. The van der Waals surface area contributed by atoms with Gasteiger partial charge < -0.3 is 4.98 Å². The van der Waals surface area contributed by atoms with E-state index in [-0.39, 0.29) is 5.56 Å². The minimum Gasteiger partial charge on any atom is -0.309 e. The van der Waals surface area contributed by atoms with Gasteiger partial charge in [-0.3, -0.25) is 9.89 Å². The van der Waals surface area contributed by atoms with Crippen molar-refractivity contribution in [3.63, 3.8) is 0 Å². The van der Waals surface area contributed by atoms with E-state index in [2.05, 4.69) is 25.1 Å². The first-order chi connectivity index (χ1) is 12.8. The van der Waals surface area contributed by atoms with Gasteiger partial charge in [-0.15, -0.1) is 5.10 Å². The molecule has 0 bridgehead atoms. The number of fused-ring (bicyclic) bond motifs is 1. The van der Waals surface area contributed by atoms with Gasteiger partial charge in [0.15, 0.2) is 0 Å². The highest BCUT2D eigenvalue weighted by atomic mass is 32.2. The summed E-state index contributed by atoms with van der Waals surface area (Å²) in [7, 11) is 0. The fraction of sp³-hybridized carbons (Fsp3) is 0.0526. The summed E-state index contributed by atoms with van der Waals surface area (Å²) in [6, 6.07) is 17.3. The van der Waals surface area contributed by atoms with Crippen molar-refractivity contribution < 1.29 is 0 Å². The van der Waals surface area contributed by atoms with Gasteiger partial charge in [-0.25, -0.2) is 9.97 Å². The van der Waals surface area contributed by atoms with Gasteiger partial charge in [-0.1, -0.05) is 60.3 Å². The van der Waals surface area contributed by atoms with Crippen molar-refractivity contribution in [3.05, 3.63) is 82.2 Å². The molecule has 128 valence electrons. The lowest BCUT2D eigenvalue weighted by Gasteiger charge is -2.01. The van der Waals surface area contributed by atoms with Gasteiger partial charge in [-0.05, 0) is 23.8 Å². The molecular weight excluding hydrogens is 346 g/mol. The van der Waals surface area contributed by atoms with Gasteiger partial charge in [0.1, 0.15) is 11.6 Å². The SMILES string of the molecule is O=c1[nH]c(CSc2n[nH]c(C=Cc3ccccc3)n2)nc2ccccc12. The Balaban J connectivity index is 1.45. The molecule has 0 atom stereocenters. The van der Waals surface area contributed by atoms with E-state index in [4.69, 9.17) is 0 Å². The number of thioether (sulfide) groups is 1. The molecule has 0 radical (unpaired) electrons. The number of nitrogens with zero attached hydrogens (tertiary/aromatic N) is 3. The zero-order valence-electron chi connectivity index (χ0n) is 13.7. The summed E-state index contributed by atoms with van der Waals surface area (Å²) in [4.78, 5) is 23.8. The van der Waals surface area contributed by atoms with Crippen LogP contribution >= 0.6 is 11.8 Å². The van der Waals surface area contributed by atoms with Gasteiger partial charge >= 0.3 is 0 Å². The second-order valence-electron chi connectivity index (χ2n) is 5.57. The number of hydrogen-bond donors (Lipinski definition) is 2. The maximum atomic E-state index is 12.1. The standard InChI is InChI=1S/C19H15N5OS/c25-18-14-8-4-5-9-15(14)20-17(21-18)12-26-19-22-16(23-24-19)11-10-13-6-2-1-3-7-13/h1-11H,12H2,(H,20,21,25)(H,22,23,24). The fourth-order valence-electron chi connectivity index (χ4n) is 2.47. The molecule has 0 fully saturated rings. The van der Waals surface area contributed by atoms with E-state index in [0.717, 1.165) is 5.56 Å². The van der Waals surface area contributed by atoms with Crippen LogP contribution in [0.3, 0.4) is 0 Å². The number of H-pyrrole nitrogens is 2. The van der Waals surface area contributed by atoms with E-state index >= 15 is 0 Å². The van der Waals surface area contributed by atoms with Crippen LogP contribution in [0, 0.1) is 0 Å². The summed E-state index contributed by atoms with van der Waals surface area (Å²) in [5.41, 5.74) is 1.65. The van der Waals surface area contributed by atoms with E-state index in [1.165, 1.54) is 11.8 Å². The highest BCUT2D eigenvalue weighted by Crippen LogP contribution is 2.18. The molecule has 2 aromatic carbocycles. The molecule has 0 amide bonds. The summed E-state index contributed by atoms with van der Waals surface area (Å²) in [6.45, 7) is 0. The molecule has 4 aromatic rings. The molecule has 0 aliphatic rings. The molecule has 0 aliphatic heterocycles. The lowest BCUT2D eigenvalue weighted by Crippen LogP contribution is -2.11. The Morgan fingerprint density at radius 2 is 1.77 bits per heavy atom. The molecule has 2 aromatic heterocycles. The van der Waals surface area contributed by atoms with Crippen LogP contribution in [0.4, 0.5) is 0 Å². The monoisotopic (exact) mass is 361 g/mol. The van der Waals surface area contributed by atoms with Gasteiger partial charge in [0, 0.05) is 0 Å². The highest BCUT2D eigenvalue weighted by Gasteiger charge is 2.06. The predicted molar refractivity (Wildman–Crippen MR) is 104 cm³/mol. The first-order valence-corrected chi connectivity index (χ1v) is 9.03. The van der Waals surface area contributed by atoms with Crippen LogP contribution in [0.5, 0.6) is 0 Å². The van der Waals surface area contributed by atoms with Crippen molar-refractivity contribution in [2.24, 2.45) is 0 Å². The Kier molecular flexibility index (Phi) is 4.61. The highest BCUT2D eigenvalue weighted by molar-refractivity contribution is 7.98. The van der Waals surface area contributed by atoms with Crippen LogP contribution < -0.4 is 5.56 Å². The lowest BCUT2D eigenvalue weighted by atomic mass is 10.2. The van der Waals surface area contributed by atoms with Crippen molar-refractivity contribution in [2.45, 2.75) is 10.9 Å². The first-order valence-electron chi connectivity index (χ1n) is 8.04. The van der Waals surface area contributed by atoms with Crippen LogP contribution in [-0.2, 0) is 5.75 Å². The fourth-order valence-corrected chi connectivity index (χ4v) is 3.15. The van der Waals surface area contributed by atoms with Crippen molar-refractivity contribution in [1.29, 1.82) is 0 Å². The molecular formula is C19H15N5OS. The molecule has 0 spiro atoms. The summed E-state index contributed by atoms with van der Waals surface area (Å²) in [6.07, 6.45) is 3.85. The Morgan fingerprint density at radius 3 is 2.65 bits per heavy atom. The minimum absolute atomic E-state index is 0.132. The molecule has 26 heavy (non-hydrogen) atoms. The second-order valence-corrected chi connectivity index (χ2v) is 6.51. The Labute approximate surface area is 153 Å². The van der Waals surface area contributed by atoms with Crippen molar-refractivity contribution in [3.8, 4) is 0 Å². The third-order valence-electron chi connectivity index (χ3n) is 3.72. The molecule has 0 saturated carbocycles. The summed E-state index contributed by atoms with van der Waals surface area (Å²) < 4.78 is 0. The van der Waals surface area contributed by atoms with Gasteiger partial charge in [0.2, 0.25) is 5.16 Å². The summed E-state index contributed by atoms with van der Waals surface area (Å²) >= 11 is 1.41. The van der Waals surface area contributed by atoms with Crippen LogP contribution in [0.2, 0.25) is 0 Å². The number of benzene rings is 2. The van der Waals surface area contributed by atoms with Gasteiger partial charge in [0.05, 0.1) is 16.7 Å². The largest absolute Gasteiger partial charge is 0.309 e. The third-order valence-corrected chi connectivity index (χ3v) is 4.57. The number of aromatic amines is 2. The van der Waals surface area contributed by atoms with Gasteiger partial charge in [-0.2, -0.15) is 0 Å². The third kappa shape index (κ3) is 3.73. The number of aromatic nitrogens is 5. The van der Waals surface area contributed by atoms with Crippen molar-refractivity contribution in [1.82, 2.24) is 25.1 Å². The van der Waals surface area contributed by atoms with E-state index in [1.807, 2.05) is 60.7 Å². The van der Waals surface area contributed by atoms with E-state index in [1.54, 1.807) is 6.07 Å². The number of hydrogen-bond acceptors (Lipinski definition) is 5. The minimum atomic E-state index is -0.132. The second kappa shape index (κ2) is 7.37. The average molecular weight is 361 g/mol. The molecule has 4 rings (SSSR count). The van der Waals surface area contributed by atoms with Crippen LogP contribution in [0.1, 0.15) is 17.2 Å². The molecule has 2 heterocycles. The molecule has 7 heteroatoms. The molecule has 0 saturated heterocycles. The predicted octanol–water partition coefficient (Wildman–Crippen LogP) is 3.50. The van der Waals surface area contributed by atoms with E-state index in [0.29, 0.717) is 33.5 Å². The number of rotatable bonds is 5. The Morgan fingerprint density at radius 1 is 0.962 bits per heavy atom. The summed E-state index contributed by atoms with van der Waals surface area (Å²) in [5.74, 6) is 1.76. The summed E-state index contributed by atoms with van der Waals surface area (Å²) in [5, 5.41) is 8.27. The Hall–Kier alpha value is -3.19. The van der Waals surface area contributed by atoms with E-state index < -0.39 is 0 Å². The maximum absolute atomic E-state index is 12.1. The van der Waals surface area contributed by atoms with Crippen LogP contribution in [-0.4, -0.2) is 25.1 Å². The van der Waals surface area contributed by atoms with Crippen LogP contribution in [0.25, 0.3) is 23.1 Å². The quantitative estimate of drug-likeness (QED) is 0.531. The smallest absolute Gasteiger partial charge is 0.258 e. The molecule has 0 aliphatic carbocycles. The lowest BCUT2D eigenvalue weighted by molar-refractivity contribution is 0.965.